The van der Waals surface area contributed by atoms with E-state index in [4.69, 9.17) is 9.47 Å². The molecule has 0 spiro atoms. The fourth-order valence-electron chi connectivity index (χ4n) is 2.27. The average molecular weight is 379 g/mol. The Morgan fingerprint density at radius 2 is 2.14 bits per heavy atom. The zero-order valence-corrected chi connectivity index (χ0v) is 14.8. The molecule has 1 aliphatic heterocycles. The van der Waals surface area contributed by atoms with E-state index in [1.165, 1.54) is 12.7 Å². The highest BCUT2D eigenvalue weighted by molar-refractivity contribution is 9.10. The molecule has 1 fully saturated rings. The van der Waals surface area contributed by atoms with Crippen molar-refractivity contribution in [1.29, 1.82) is 0 Å². The number of carbonyl (C=O) groups is 1. The van der Waals surface area contributed by atoms with Crippen LogP contribution in [-0.2, 0) is 9.53 Å². The summed E-state index contributed by atoms with van der Waals surface area (Å²) in [6, 6.07) is 5.87. The van der Waals surface area contributed by atoms with Crippen LogP contribution in [0.2, 0.25) is 0 Å². The minimum Gasteiger partial charge on any atom is -0.488 e. The zero-order valence-electron chi connectivity index (χ0n) is 12.4. The fourth-order valence-corrected chi connectivity index (χ4v) is 2.76. The summed E-state index contributed by atoms with van der Waals surface area (Å²) in [5.41, 5.74) is 1.27. The maximum atomic E-state index is 11.4. The number of carbonyl (C=O) groups excluding carboxylic acids is 1. The second-order valence-electron chi connectivity index (χ2n) is 5.30. The fraction of sp³-hybridized carbons (Fsp3) is 0.533. The minimum atomic E-state index is -0.265. The van der Waals surface area contributed by atoms with Crippen LogP contribution < -0.4 is 10.1 Å². The van der Waals surface area contributed by atoms with E-state index in [1.807, 2.05) is 6.07 Å². The summed E-state index contributed by atoms with van der Waals surface area (Å²) in [5.74, 6) is 1.06. The van der Waals surface area contributed by atoms with E-state index >= 15 is 0 Å². The zero-order chi connectivity index (χ0) is 14.7. The average Bonchev–Trinajstić information content (AvgIpc) is 2.88. The number of nitrogens with one attached hydrogen (secondary N) is 1. The third-order valence-electron chi connectivity index (χ3n) is 3.49. The molecule has 0 aliphatic carbocycles. The first-order chi connectivity index (χ1) is 9.51. The lowest BCUT2D eigenvalue weighted by Gasteiger charge is -2.15. The lowest BCUT2D eigenvalue weighted by Crippen LogP contribution is -2.31. The lowest BCUT2D eigenvalue weighted by atomic mass is 10.0. The van der Waals surface area contributed by atoms with Gasteiger partial charge in [0.2, 0.25) is 0 Å². The molecule has 2 unspecified atom stereocenters. The number of esters is 1. The van der Waals surface area contributed by atoms with Gasteiger partial charge in [0.25, 0.3) is 0 Å². The molecule has 1 N–H and O–H groups in total. The standard InChI is InChI=1S/C15H20BrNO3.ClH/c1-9(2)10-4-5-14(12(16)6-10)20-11-7-13(17-8-11)15(18)19-3;/h4-6,9,11,13,17H,7-8H2,1-3H3;1H. The van der Waals surface area contributed by atoms with Crippen LogP contribution in [0.25, 0.3) is 0 Å². The van der Waals surface area contributed by atoms with Gasteiger partial charge in [-0.15, -0.1) is 12.4 Å². The van der Waals surface area contributed by atoms with Crippen LogP contribution in [0.4, 0.5) is 0 Å². The molecule has 2 rings (SSSR count). The molecule has 2 atom stereocenters. The van der Waals surface area contributed by atoms with Crippen LogP contribution >= 0.6 is 28.3 Å². The van der Waals surface area contributed by atoms with Crippen molar-refractivity contribution >= 4 is 34.3 Å². The highest BCUT2D eigenvalue weighted by Crippen LogP contribution is 2.30. The van der Waals surface area contributed by atoms with Gasteiger partial charge in [0.1, 0.15) is 17.9 Å². The van der Waals surface area contributed by atoms with Crippen molar-refractivity contribution in [2.24, 2.45) is 0 Å². The number of halogens is 2. The Balaban J connectivity index is 0.00000220. The van der Waals surface area contributed by atoms with Gasteiger partial charge in [-0.1, -0.05) is 19.9 Å². The van der Waals surface area contributed by atoms with Crippen molar-refractivity contribution in [2.75, 3.05) is 13.7 Å². The molecule has 118 valence electrons. The Kier molecular flexibility index (Phi) is 6.97. The Morgan fingerprint density at radius 1 is 1.43 bits per heavy atom. The summed E-state index contributed by atoms with van der Waals surface area (Å²) < 4.78 is 11.6. The Morgan fingerprint density at radius 3 is 2.71 bits per heavy atom. The van der Waals surface area contributed by atoms with E-state index < -0.39 is 0 Å². The predicted molar refractivity (Wildman–Crippen MR) is 88.3 cm³/mol. The second-order valence-corrected chi connectivity index (χ2v) is 6.16. The van der Waals surface area contributed by atoms with E-state index in [-0.39, 0.29) is 30.5 Å². The Labute approximate surface area is 140 Å². The normalized spacial score (nSPS) is 21.0. The SMILES string of the molecule is COC(=O)C1CC(Oc2ccc(C(C)C)cc2Br)CN1.Cl. The van der Waals surface area contributed by atoms with Crippen molar-refractivity contribution in [3.05, 3.63) is 28.2 Å². The summed E-state index contributed by atoms with van der Waals surface area (Å²) in [6.45, 7) is 4.96. The monoisotopic (exact) mass is 377 g/mol. The smallest absolute Gasteiger partial charge is 0.323 e. The van der Waals surface area contributed by atoms with Crippen LogP contribution in [-0.4, -0.2) is 31.8 Å². The molecule has 0 aromatic heterocycles. The number of ether oxygens (including phenoxy) is 2. The van der Waals surface area contributed by atoms with Gasteiger partial charge in [-0.3, -0.25) is 4.79 Å². The van der Waals surface area contributed by atoms with Crippen LogP contribution in [0.5, 0.6) is 5.75 Å². The third-order valence-corrected chi connectivity index (χ3v) is 4.11. The molecule has 1 aromatic carbocycles. The molecule has 1 aromatic rings. The molecule has 1 saturated heterocycles. The molecule has 0 radical (unpaired) electrons. The van der Waals surface area contributed by atoms with Gasteiger partial charge >= 0.3 is 5.97 Å². The van der Waals surface area contributed by atoms with Crippen molar-refractivity contribution < 1.29 is 14.3 Å². The highest BCUT2D eigenvalue weighted by Gasteiger charge is 2.31. The summed E-state index contributed by atoms with van der Waals surface area (Å²) in [5, 5.41) is 3.11. The third kappa shape index (κ3) is 4.59. The van der Waals surface area contributed by atoms with Crippen LogP contribution in [0.1, 0.15) is 31.7 Å². The molecular formula is C15H21BrClNO3. The highest BCUT2D eigenvalue weighted by atomic mass is 79.9. The van der Waals surface area contributed by atoms with Crippen molar-refractivity contribution in [1.82, 2.24) is 5.32 Å². The number of methoxy groups -OCH3 is 1. The van der Waals surface area contributed by atoms with Gasteiger partial charge in [-0.25, -0.2) is 0 Å². The van der Waals surface area contributed by atoms with E-state index in [1.54, 1.807) is 0 Å². The molecule has 1 heterocycles. The second kappa shape index (κ2) is 8.01. The summed E-state index contributed by atoms with van der Waals surface area (Å²) in [6.07, 6.45) is 0.616. The quantitative estimate of drug-likeness (QED) is 0.817. The molecular weight excluding hydrogens is 358 g/mol. The number of hydrogen-bond acceptors (Lipinski definition) is 4. The van der Waals surface area contributed by atoms with Crippen molar-refractivity contribution in [3.8, 4) is 5.75 Å². The minimum absolute atomic E-state index is 0. The molecule has 21 heavy (non-hydrogen) atoms. The Bertz CT molecular complexity index is 496. The molecule has 0 amide bonds. The van der Waals surface area contributed by atoms with Gasteiger partial charge in [-0.2, -0.15) is 0 Å². The van der Waals surface area contributed by atoms with Gasteiger partial charge in [-0.05, 0) is 39.5 Å². The van der Waals surface area contributed by atoms with Gasteiger partial charge in [0.05, 0.1) is 11.6 Å². The summed E-state index contributed by atoms with van der Waals surface area (Å²) in [4.78, 5) is 11.4. The maximum Gasteiger partial charge on any atom is 0.323 e. The first kappa shape index (κ1) is 18.3. The number of rotatable bonds is 4. The Hall–Kier alpha value is -0.780. The molecule has 0 saturated carbocycles. The number of benzene rings is 1. The van der Waals surface area contributed by atoms with Crippen molar-refractivity contribution in [2.45, 2.75) is 38.3 Å². The number of hydrogen-bond donors (Lipinski definition) is 1. The van der Waals surface area contributed by atoms with Crippen LogP contribution in [0.3, 0.4) is 0 Å². The van der Waals surface area contributed by atoms with E-state index in [0.717, 1.165) is 10.2 Å². The first-order valence-electron chi connectivity index (χ1n) is 6.78. The lowest BCUT2D eigenvalue weighted by molar-refractivity contribution is -0.142. The molecule has 4 nitrogen and oxygen atoms in total. The molecule has 1 aliphatic rings. The van der Waals surface area contributed by atoms with Crippen LogP contribution in [0, 0.1) is 0 Å². The largest absolute Gasteiger partial charge is 0.488 e. The predicted octanol–water partition coefficient (Wildman–Crippen LogP) is 3.28. The first-order valence-corrected chi connectivity index (χ1v) is 7.58. The van der Waals surface area contributed by atoms with Gasteiger partial charge in [0.15, 0.2) is 0 Å². The van der Waals surface area contributed by atoms with Crippen molar-refractivity contribution in [3.63, 3.8) is 0 Å². The molecule has 0 bridgehead atoms. The van der Waals surface area contributed by atoms with E-state index in [9.17, 15) is 4.79 Å². The molecule has 6 heteroatoms. The van der Waals surface area contributed by atoms with E-state index in [2.05, 4.69) is 47.2 Å². The van der Waals surface area contributed by atoms with Gasteiger partial charge < -0.3 is 14.8 Å². The topological polar surface area (TPSA) is 47.6 Å². The van der Waals surface area contributed by atoms with Crippen LogP contribution in [0.15, 0.2) is 22.7 Å². The van der Waals surface area contributed by atoms with Gasteiger partial charge in [0, 0.05) is 13.0 Å². The maximum absolute atomic E-state index is 11.4. The van der Waals surface area contributed by atoms with E-state index in [0.29, 0.717) is 18.9 Å². The summed E-state index contributed by atoms with van der Waals surface area (Å²) in [7, 11) is 1.40. The summed E-state index contributed by atoms with van der Waals surface area (Å²) >= 11 is 3.54.